The molecule has 0 aliphatic carbocycles. The van der Waals surface area contributed by atoms with E-state index in [9.17, 15) is 10.1 Å². The molecule has 5 nitrogen and oxygen atoms in total. The van der Waals surface area contributed by atoms with Gasteiger partial charge in [-0.25, -0.2) is 4.98 Å². The predicted octanol–water partition coefficient (Wildman–Crippen LogP) is 6.32. The highest BCUT2D eigenvalue weighted by Gasteiger charge is 2.14. The molecule has 8 heteroatoms. The van der Waals surface area contributed by atoms with Crippen LogP contribution in [0.5, 0.6) is 0 Å². The Hall–Kier alpha value is -2.85. The molecule has 2 aromatic carbocycles. The van der Waals surface area contributed by atoms with E-state index in [4.69, 9.17) is 27.6 Å². The number of rotatable bonds is 3. The lowest BCUT2D eigenvalue weighted by Crippen LogP contribution is -2.11. The third-order valence-electron chi connectivity index (χ3n) is 4.17. The van der Waals surface area contributed by atoms with E-state index in [0.29, 0.717) is 38.0 Å². The molecule has 2 aromatic heterocycles. The van der Waals surface area contributed by atoms with Crippen molar-refractivity contribution in [2.24, 2.45) is 0 Å². The molecule has 0 aliphatic rings. The second kappa shape index (κ2) is 7.88. The molecule has 0 amide bonds. The van der Waals surface area contributed by atoms with Crippen LogP contribution in [0.15, 0.2) is 62.2 Å². The second-order valence-electron chi connectivity index (χ2n) is 6.04. The first-order valence-corrected chi connectivity index (χ1v) is 9.87. The summed E-state index contributed by atoms with van der Waals surface area (Å²) in [6.45, 7) is 0. The normalized spacial score (nSPS) is 11.6. The van der Waals surface area contributed by atoms with Gasteiger partial charge in [0, 0.05) is 10.5 Å². The van der Waals surface area contributed by atoms with Crippen LogP contribution in [0.1, 0.15) is 11.6 Å². The summed E-state index contributed by atoms with van der Waals surface area (Å²) < 4.78 is 6.56. The van der Waals surface area contributed by atoms with Crippen molar-refractivity contribution in [2.75, 3.05) is 0 Å². The highest BCUT2D eigenvalue weighted by Crippen LogP contribution is 2.36. The van der Waals surface area contributed by atoms with Gasteiger partial charge < -0.3 is 9.40 Å². The van der Waals surface area contributed by atoms with Gasteiger partial charge in [0.15, 0.2) is 5.82 Å². The minimum atomic E-state index is -0.338. The molecule has 0 unspecified atom stereocenters. The van der Waals surface area contributed by atoms with Crippen LogP contribution in [-0.2, 0) is 0 Å². The van der Waals surface area contributed by atoms with Crippen molar-refractivity contribution in [3.63, 3.8) is 0 Å². The van der Waals surface area contributed by atoms with Crippen LogP contribution in [0, 0.1) is 11.3 Å². The van der Waals surface area contributed by atoms with Crippen LogP contribution in [0.3, 0.4) is 0 Å². The molecule has 0 bridgehead atoms. The van der Waals surface area contributed by atoms with Gasteiger partial charge in [-0.15, -0.1) is 0 Å². The number of nitriles is 1. The lowest BCUT2D eigenvalue weighted by Gasteiger charge is -2.03. The standard InChI is InChI=1S/C21H10BrCl2N3O2/c22-12-4-6-17-14(9-12)21(28)27-20(26-17)11(10-25)8-13-5-7-18(29-13)19-15(23)2-1-3-16(19)24/h1-9H,(H,26,27,28). The van der Waals surface area contributed by atoms with Crippen molar-refractivity contribution in [1.29, 1.82) is 5.26 Å². The molecule has 0 spiro atoms. The fourth-order valence-corrected chi connectivity index (χ4v) is 3.78. The molecule has 0 saturated heterocycles. The zero-order valence-electron chi connectivity index (χ0n) is 14.5. The molecule has 29 heavy (non-hydrogen) atoms. The van der Waals surface area contributed by atoms with Crippen LogP contribution in [0.25, 0.3) is 33.9 Å². The first kappa shape index (κ1) is 19.5. The van der Waals surface area contributed by atoms with Gasteiger partial charge in [0.2, 0.25) is 0 Å². The van der Waals surface area contributed by atoms with Gasteiger partial charge in [-0.2, -0.15) is 5.26 Å². The Balaban J connectivity index is 1.77. The predicted molar refractivity (Wildman–Crippen MR) is 118 cm³/mol. The quantitative estimate of drug-likeness (QED) is 0.343. The first-order valence-electron chi connectivity index (χ1n) is 8.32. The summed E-state index contributed by atoms with van der Waals surface area (Å²) in [4.78, 5) is 19.4. The number of benzene rings is 2. The first-order chi connectivity index (χ1) is 14.0. The van der Waals surface area contributed by atoms with E-state index in [0.717, 1.165) is 4.47 Å². The number of H-pyrrole nitrogens is 1. The fourth-order valence-electron chi connectivity index (χ4n) is 2.83. The van der Waals surface area contributed by atoms with E-state index in [1.54, 1.807) is 48.5 Å². The average molecular weight is 487 g/mol. The number of allylic oxidation sites excluding steroid dienone is 1. The van der Waals surface area contributed by atoms with Crippen LogP contribution in [-0.4, -0.2) is 9.97 Å². The molecule has 0 fully saturated rings. The molecule has 4 rings (SSSR count). The molecular weight excluding hydrogens is 477 g/mol. The van der Waals surface area contributed by atoms with Crippen molar-refractivity contribution in [3.05, 3.63) is 85.0 Å². The smallest absolute Gasteiger partial charge is 0.259 e. The molecule has 2 heterocycles. The maximum Gasteiger partial charge on any atom is 0.259 e. The maximum absolute atomic E-state index is 12.4. The largest absolute Gasteiger partial charge is 0.457 e. The molecule has 0 atom stereocenters. The Kier molecular flexibility index (Phi) is 5.29. The Morgan fingerprint density at radius 2 is 1.93 bits per heavy atom. The molecule has 4 aromatic rings. The zero-order valence-corrected chi connectivity index (χ0v) is 17.6. The maximum atomic E-state index is 12.4. The van der Waals surface area contributed by atoms with Crippen LogP contribution in [0.2, 0.25) is 10.0 Å². The number of hydrogen-bond donors (Lipinski definition) is 1. The van der Waals surface area contributed by atoms with E-state index in [1.807, 2.05) is 6.07 Å². The lowest BCUT2D eigenvalue weighted by molar-refractivity contribution is 0.572. The topological polar surface area (TPSA) is 82.7 Å². The average Bonchev–Trinajstić information content (AvgIpc) is 3.14. The van der Waals surface area contributed by atoms with Crippen molar-refractivity contribution < 1.29 is 4.42 Å². The van der Waals surface area contributed by atoms with Gasteiger partial charge in [-0.05, 0) is 42.5 Å². The van der Waals surface area contributed by atoms with Crippen LogP contribution >= 0.6 is 39.1 Å². The SMILES string of the molecule is N#CC(=Cc1ccc(-c2c(Cl)cccc2Cl)o1)c1nc2ccc(Br)cc2c(=O)[nH]1. The number of furan rings is 1. The molecule has 0 radical (unpaired) electrons. The summed E-state index contributed by atoms with van der Waals surface area (Å²) in [5.41, 5.74) is 0.862. The van der Waals surface area contributed by atoms with Crippen molar-refractivity contribution in [1.82, 2.24) is 9.97 Å². The Morgan fingerprint density at radius 1 is 1.17 bits per heavy atom. The summed E-state index contributed by atoms with van der Waals surface area (Å²) in [5.74, 6) is 1.01. The Labute approximate surface area is 183 Å². The van der Waals surface area contributed by atoms with Gasteiger partial charge in [0.1, 0.15) is 17.6 Å². The van der Waals surface area contributed by atoms with Gasteiger partial charge in [0.05, 0.1) is 32.1 Å². The minimum Gasteiger partial charge on any atom is -0.457 e. The Bertz CT molecular complexity index is 1360. The number of nitrogens with zero attached hydrogens (tertiary/aromatic N) is 2. The molecule has 0 saturated carbocycles. The van der Waals surface area contributed by atoms with Gasteiger partial charge in [0.25, 0.3) is 5.56 Å². The zero-order chi connectivity index (χ0) is 20.5. The van der Waals surface area contributed by atoms with Crippen molar-refractivity contribution >= 4 is 61.7 Å². The molecule has 0 aliphatic heterocycles. The number of aromatic amines is 1. The van der Waals surface area contributed by atoms with E-state index in [-0.39, 0.29) is 17.0 Å². The third-order valence-corrected chi connectivity index (χ3v) is 5.29. The second-order valence-corrected chi connectivity index (χ2v) is 7.77. The number of hydrogen-bond acceptors (Lipinski definition) is 4. The van der Waals surface area contributed by atoms with E-state index >= 15 is 0 Å². The summed E-state index contributed by atoms with van der Waals surface area (Å²) in [7, 11) is 0. The molecule has 142 valence electrons. The van der Waals surface area contributed by atoms with Crippen molar-refractivity contribution in [2.45, 2.75) is 0 Å². The Morgan fingerprint density at radius 3 is 2.66 bits per heavy atom. The summed E-state index contributed by atoms with van der Waals surface area (Å²) >= 11 is 15.8. The summed E-state index contributed by atoms with van der Waals surface area (Å²) in [6.07, 6.45) is 1.50. The van der Waals surface area contributed by atoms with E-state index in [2.05, 4.69) is 25.9 Å². The van der Waals surface area contributed by atoms with Crippen LogP contribution < -0.4 is 5.56 Å². The summed E-state index contributed by atoms with van der Waals surface area (Å²) in [5, 5.41) is 10.9. The van der Waals surface area contributed by atoms with E-state index in [1.165, 1.54) is 6.08 Å². The van der Waals surface area contributed by atoms with Gasteiger partial charge in [-0.1, -0.05) is 45.2 Å². The fraction of sp³-hybridized carbons (Fsp3) is 0. The highest BCUT2D eigenvalue weighted by molar-refractivity contribution is 9.10. The lowest BCUT2D eigenvalue weighted by atomic mass is 10.2. The van der Waals surface area contributed by atoms with Crippen molar-refractivity contribution in [3.8, 4) is 17.4 Å². The molecule has 1 N–H and O–H groups in total. The third kappa shape index (κ3) is 3.85. The van der Waals surface area contributed by atoms with E-state index < -0.39 is 0 Å². The van der Waals surface area contributed by atoms with Crippen LogP contribution in [0.4, 0.5) is 0 Å². The monoisotopic (exact) mass is 485 g/mol. The van der Waals surface area contributed by atoms with Gasteiger partial charge >= 0.3 is 0 Å². The minimum absolute atomic E-state index is 0.151. The molecular formula is C21H10BrCl2N3O2. The summed E-state index contributed by atoms with van der Waals surface area (Å²) in [6, 6.07) is 15.8. The number of halogens is 3. The highest BCUT2D eigenvalue weighted by atomic mass is 79.9. The number of aromatic nitrogens is 2. The van der Waals surface area contributed by atoms with Gasteiger partial charge in [-0.3, -0.25) is 4.79 Å². The number of nitrogens with one attached hydrogen (secondary N) is 1. The number of fused-ring (bicyclic) bond motifs is 1.